The number of aryl methyl sites for hydroxylation is 3. The van der Waals surface area contributed by atoms with Crippen LogP contribution < -0.4 is 10.6 Å². The topological polar surface area (TPSA) is 128 Å². The second-order valence-corrected chi connectivity index (χ2v) is 15.7. The molecule has 5 aromatic rings. The molecule has 6 aliphatic rings. The van der Waals surface area contributed by atoms with Gasteiger partial charge < -0.3 is 20.6 Å². The Hall–Kier alpha value is -4.76. The van der Waals surface area contributed by atoms with Crippen LogP contribution in [0.5, 0.6) is 0 Å². The van der Waals surface area contributed by atoms with E-state index in [9.17, 15) is 9.59 Å². The molecule has 0 aromatic carbocycles. The first-order valence-electron chi connectivity index (χ1n) is 18.0. The smallest absolute Gasteiger partial charge is 0.253 e. The number of fused-ring (bicyclic) bond motifs is 10. The Labute approximate surface area is 295 Å². The summed E-state index contributed by atoms with van der Waals surface area (Å²) in [6.07, 6.45) is 19.8. The van der Waals surface area contributed by atoms with Crippen molar-refractivity contribution in [2.45, 2.75) is 95.1 Å². The van der Waals surface area contributed by atoms with Gasteiger partial charge in [-0.05, 0) is 117 Å². The van der Waals surface area contributed by atoms with Gasteiger partial charge in [-0.15, -0.1) is 0 Å². The molecule has 5 aromatic heterocycles. The monoisotopic (exact) mass is 683 g/mol. The zero-order chi connectivity index (χ0) is 33.8. The number of hydrogen-bond acceptors (Lipinski definition) is 5. The molecule has 0 atom stereocenters. The average Bonchev–Trinajstić information content (AvgIpc) is 3.66. The Kier molecular flexibility index (Phi) is 6.54. The quantitative estimate of drug-likeness (QED) is 0.145. The number of H-pyrrole nitrogens is 2. The summed E-state index contributed by atoms with van der Waals surface area (Å²) in [5.41, 5.74) is 16.3. The van der Waals surface area contributed by atoms with Crippen LogP contribution in [0, 0.1) is 6.92 Å². The van der Waals surface area contributed by atoms with E-state index in [1.165, 1.54) is 35.1 Å². The average molecular weight is 684 g/mol. The normalized spacial score (nSPS) is 19.6. The minimum absolute atomic E-state index is 0.00298. The van der Waals surface area contributed by atoms with E-state index in [2.05, 4.69) is 47.7 Å². The van der Waals surface area contributed by atoms with Crippen LogP contribution in [0.4, 0.5) is 0 Å². The second-order valence-electron chi connectivity index (χ2n) is 15.3. The van der Waals surface area contributed by atoms with Crippen LogP contribution in [0.25, 0.3) is 33.8 Å². The van der Waals surface area contributed by atoms with Crippen LogP contribution in [0.3, 0.4) is 0 Å². The molecule has 0 unspecified atom stereocenters. The molecule has 0 bridgehead atoms. The molecule has 2 spiro atoms. The predicted octanol–water partition coefficient (Wildman–Crippen LogP) is 6.79. The number of pyridine rings is 3. The van der Waals surface area contributed by atoms with Crippen LogP contribution in [0.2, 0.25) is 5.15 Å². The van der Waals surface area contributed by atoms with Crippen molar-refractivity contribution in [2.24, 2.45) is 0 Å². The number of carbonyl (C=O) groups is 2. The predicted molar refractivity (Wildman–Crippen MR) is 191 cm³/mol. The lowest BCUT2D eigenvalue weighted by Crippen LogP contribution is -2.58. The molecule has 4 N–H and O–H groups in total. The standard InChI is InChI=1S/C23H22N4O.C17H16ClN3O/c1-13-7-15(11-24-10-13)18-8-17-14(12-25-18)3-4-16-20-19(26-21(16)17)9-23(5-2-6-23)27-22(20)28;18-13-6-11-9(8-19-13)2-3-10-14-12(20-15(10)11)7-17(4-1-5-17)21-16(14)22/h7-8,10-12,26H,2-6,9H2,1H3,(H,27,28);6,8,20H,1-5,7H2,(H,21,22). The van der Waals surface area contributed by atoms with Gasteiger partial charge in [0.25, 0.3) is 11.8 Å². The number of rotatable bonds is 1. The molecule has 2 saturated carbocycles. The van der Waals surface area contributed by atoms with E-state index in [1.54, 1.807) is 0 Å². The van der Waals surface area contributed by atoms with Crippen LogP contribution >= 0.6 is 11.6 Å². The summed E-state index contributed by atoms with van der Waals surface area (Å²) < 4.78 is 0. The van der Waals surface area contributed by atoms with Gasteiger partial charge in [0.05, 0.1) is 28.2 Å². The first kappa shape index (κ1) is 30.1. The summed E-state index contributed by atoms with van der Waals surface area (Å²) in [5.74, 6) is 0.209. The van der Waals surface area contributed by atoms with Crippen LogP contribution in [-0.2, 0) is 38.5 Å². The highest BCUT2D eigenvalue weighted by molar-refractivity contribution is 6.29. The summed E-state index contributed by atoms with van der Waals surface area (Å²) in [5, 5.41) is 7.07. The molecule has 252 valence electrons. The summed E-state index contributed by atoms with van der Waals surface area (Å²) in [4.78, 5) is 45.9. The molecule has 50 heavy (non-hydrogen) atoms. The summed E-state index contributed by atoms with van der Waals surface area (Å²) >= 11 is 6.07. The van der Waals surface area contributed by atoms with Gasteiger partial charge in [0.15, 0.2) is 0 Å². The van der Waals surface area contributed by atoms with Crippen molar-refractivity contribution in [1.82, 2.24) is 35.6 Å². The summed E-state index contributed by atoms with van der Waals surface area (Å²) in [6.45, 7) is 2.04. The highest BCUT2D eigenvalue weighted by Crippen LogP contribution is 2.45. The van der Waals surface area contributed by atoms with Gasteiger partial charge >= 0.3 is 0 Å². The molecule has 10 heteroatoms. The highest BCUT2D eigenvalue weighted by atomic mass is 35.5. The molecule has 0 saturated heterocycles. The lowest BCUT2D eigenvalue weighted by atomic mass is 9.71. The second kappa shape index (κ2) is 10.9. The third-order valence-corrected chi connectivity index (χ3v) is 12.4. The largest absolute Gasteiger partial charge is 0.357 e. The van der Waals surface area contributed by atoms with E-state index in [4.69, 9.17) is 11.6 Å². The molecule has 2 amide bonds. The van der Waals surface area contributed by atoms with E-state index in [1.807, 2.05) is 37.8 Å². The number of hydrogen-bond donors (Lipinski definition) is 4. The molecule has 2 aliphatic heterocycles. The first-order chi connectivity index (χ1) is 24.3. The Morgan fingerprint density at radius 2 is 1.24 bits per heavy atom. The van der Waals surface area contributed by atoms with Crippen molar-refractivity contribution in [2.75, 3.05) is 0 Å². The maximum Gasteiger partial charge on any atom is 0.253 e. The number of aromatic amines is 2. The lowest BCUT2D eigenvalue weighted by Gasteiger charge is -2.45. The molecule has 7 heterocycles. The molecule has 2 fully saturated rings. The molecule has 9 nitrogen and oxygen atoms in total. The van der Waals surface area contributed by atoms with E-state index < -0.39 is 0 Å². The molecule has 0 radical (unpaired) electrons. The van der Waals surface area contributed by atoms with Gasteiger partial charge in [-0.2, -0.15) is 0 Å². The maximum atomic E-state index is 12.9. The number of carbonyl (C=O) groups excluding carboxylic acids is 2. The fraction of sp³-hybridized carbons (Fsp3) is 0.375. The van der Waals surface area contributed by atoms with Crippen molar-refractivity contribution >= 4 is 23.4 Å². The third-order valence-electron chi connectivity index (χ3n) is 12.2. The molecular formula is C40H38ClN7O2. The zero-order valence-electron chi connectivity index (χ0n) is 28.1. The van der Waals surface area contributed by atoms with Gasteiger partial charge in [0.2, 0.25) is 0 Å². The Bertz CT molecular complexity index is 2270. The third kappa shape index (κ3) is 4.62. The van der Waals surface area contributed by atoms with Crippen molar-refractivity contribution in [1.29, 1.82) is 0 Å². The van der Waals surface area contributed by atoms with E-state index in [0.717, 1.165) is 126 Å². The van der Waals surface area contributed by atoms with Gasteiger partial charge in [0.1, 0.15) is 5.15 Å². The summed E-state index contributed by atoms with van der Waals surface area (Å²) in [7, 11) is 0. The first-order valence-corrected chi connectivity index (χ1v) is 18.3. The SMILES string of the molecule is Cc1cncc(-c2cc3c(cn2)CCc2c-3[nH]c3c2C(=O)NC2(CCC2)C3)c1.O=C1NC2(CCC2)Cc2[nH]c3c(c21)CCc1cnc(Cl)cc1-3. The number of nitrogens with zero attached hydrogens (tertiary/aromatic N) is 3. The van der Waals surface area contributed by atoms with E-state index in [0.29, 0.717) is 5.15 Å². The Morgan fingerprint density at radius 1 is 0.680 bits per heavy atom. The van der Waals surface area contributed by atoms with Crippen molar-refractivity contribution in [3.05, 3.63) is 98.5 Å². The van der Waals surface area contributed by atoms with Crippen LogP contribution in [0.1, 0.15) is 98.4 Å². The minimum Gasteiger partial charge on any atom is -0.357 e. The Balaban J connectivity index is 0.000000130. The number of halogens is 1. The van der Waals surface area contributed by atoms with Crippen LogP contribution in [-0.4, -0.2) is 47.8 Å². The number of nitrogens with one attached hydrogen (secondary N) is 4. The molecular weight excluding hydrogens is 646 g/mol. The fourth-order valence-electron chi connectivity index (χ4n) is 9.33. The van der Waals surface area contributed by atoms with Gasteiger partial charge in [-0.1, -0.05) is 11.6 Å². The number of aromatic nitrogens is 5. The zero-order valence-corrected chi connectivity index (χ0v) is 28.8. The van der Waals surface area contributed by atoms with E-state index in [-0.39, 0.29) is 22.9 Å². The van der Waals surface area contributed by atoms with Gasteiger partial charge in [-0.25, -0.2) is 4.98 Å². The van der Waals surface area contributed by atoms with Gasteiger partial charge in [0, 0.05) is 76.8 Å². The minimum atomic E-state index is -0.00298. The maximum absolute atomic E-state index is 12.9. The van der Waals surface area contributed by atoms with Crippen molar-refractivity contribution < 1.29 is 9.59 Å². The lowest BCUT2D eigenvalue weighted by molar-refractivity contribution is 0.0783. The van der Waals surface area contributed by atoms with Crippen molar-refractivity contribution in [3.8, 4) is 33.8 Å². The Morgan fingerprint density at radius 3 is 1.78 bits per heavy atom. The van der Waals surface area contributed by atoms with Crippen molar-refractivity contribution in [3.63, 3.8) is 0 Å². The molecule has 11 rings (SSSR count). The van der Waals surface area contributed by atoms with Gasteiger partial charge in [-0.3, -0.25) is 19.6 Å². The summed E-state index contributed by atoms with van der Waals surface area (Å²) in [6, 6.07) is 6.18. The number of amides is 2. The van der Waals surface area contributed by atoms with E-state index >= 15 is 0 Å². The molecule has 4 aliphatic carbocycles. The highest BCUT2D eigenvalue weighted by Gasteiger charge is 2.46. The van der Waals surface area contributed by atoms with Crippen LogP contribution in [0.15, 0.2) is 43.0 Å². The fourth-order valence-corrected chi connectivity index (χ4v) is 9.48.